The highest BCUT2D eigenvalue weighted by atomic mass is 19.1. The smallest absolute Gasteiger partial charge is 0.227 e. The van der Waals surface area contributed by atoms with Crippen molar-refractivity contribution in [2.24, 2.45) is 5.92 Å². The molecule has 1 fully saturated rings. The van der Waals surface area contributed by atoms with Crippen molar-refractivity contribution in [2.45, 2.75) is 32.2 Å². The molecule has 2 aliphatic rings. The van der Waals surface area contributed by atoms with Crippen LogP contribution in [0.5, 0.6) is 5.75 Å². The maximum atomic E-state index is 14.0. The molecule has 6 heteroatoms. The third kappa shape index (κ3) is 3.46. The second kappa shape index (κ2) is 7.62. The predicted octanol–water partition coefficient (Wildman–Crippen LogP) is 2.99. The molecule has 0 saturated carbocycles. The van der Waals surface area contributed by atoms with Crippen LogP contribution in [0.3, 0.4) is 0 Å². The van der Waals surface area contributed by atoms with E-state index in [1.165, 1.54) is 22.1 Å². The quantitative estimate of drug-likeness (QED) is 0.865. The number of aryl methyl sites for hydroxylation is 2. The van der Waals surface area contributed by atoms with Gasteiger partial charge in [0.05, 0.1) is 18.7 Å². The van der Waals surface area contributed by atoms with E-state index in [9.17, 15) is 14.0 Å². The average molecular weight is 382 g/mol. The molecule has 1 aliphatic carbocycles. The van der Waals surface area contributed by atoms with Gasteiger partial charge in [-0.3, -0.25) is 9.59 Å². The summed E-state index contributed by atoms with van der Waals surface area (Å²) in [4.78, 5) is 26.3. The Balaban J connectivity index is 1.43. The molecule has 4 rings (SSSR count). The largest absolute Gasteiger partial charge is 0.496 e. The van der Waals surface area contributed by atoms with Crippen LogP contribution in [0.15, 0.2) is 36.4 Å². The molecule has 2 aromatic carbocycles. The van der Waals surface area contributed by atoms with E-state index in [4.69, 9.17) is 4.74 Å². The molecule has 1 aliphatic heterocycles. The first-order valence-corrected chi connectivity index (χ1v) is 9.58. The first-order valence-electron chi connectivity index (χ1n) is 9.58. The van der Waals surface area contributed by atoms with E-state index in [1.54, 1.807) is 25.3 Å². The molecule has 1 saturated heterocycles. The zero-order valence-electron chi connectivity index (χ0n) is 15.8. The van der Waals surface area contributed by atoms with Crippen LogP contribution < -0.4 is 15.0 Å². The third-order valence-corrected chi connectivity index (χ3v) is 5.59. The van der Waals surface area contributed by atoms with Crippen LogP contribution in [0.1, 0.15) is 29.5 Å². The molecule has 1 N–H and O–H groups in total. The van der Waals surface area contributed by atoms with Crippen LogP contribution in [0.25, 0.3) is 0 Å². The van der Waals surface area contributed by atoms with Crippen molar-refractivity contribution >= 4 is 17.5 Å². The SMILES string of the molecule is COc1cc2c(cc1CNC(=O)C1CC(=O)N(c3ccccc3F)C1)CCC2. The number of nitrogens with one attached hydrogen (secondary N) is 1. The van der Waals surface area contributed by atoms with Crippen LogP contribution in [-0.4, -0.2) is 25.5 Å². The number of anilines is 1. The fourth-order valence-electron chi connectivity index (χ4n) is 4.09. The van der Waals surface area contributed by atoms with E-state index in [1.807, 2.05) is 0 Å². The highest BCUT2D eigenvalue weighted by molar-refractivity contribution is 6.00. The summed E-state index contributed by atoms with van der Waals surface area (Å²) in [6.07, 6.45) is 3.34. The fourth-order valence-corrected chi connectivity index (χ4v) is 4.09. The van der Waals surface area contributed by atoms with Crippen LogP contribution in [-0.2, 0) is 29.0 Å². The molecule has 1 atom stereocenters. The lowest BCUT2D eigenvalue weighted by molar-refractivity contribution is -0.126. The van der Waals surface area contributed by atoms with Gasteiger partial charge in [-0.2, -0.15) is 0 Å². The molecule has 2 aromatic rings. The van der Waals surface area contributed by atoms with Gasteiger partial charge in [0.1, 0.15) is 11.6 Å². The summed E-state index contributed by atoms with van der Waals surface area (Å²) in [5.74, 6) is -0.612. The minimum Gasteiger partial charge on any atom is -0.496 e. The van der Waals surface area contributed by atoms with Crippen molar-refractivity contribution in [3.63, 3.8) is 0 Å². The van der Waals surface area contributed by atoms with Gasteiger partial charge in [-0.15, -0.1) is 0 Å². The Morgan fingerprint density at radius 2 is 2.00 bits per heavy atom. The number of methoxy groups -OCH3 is 1. The van der Waals surface area contributed by atoms with Crippen molar-refractivity contribution in [3.8, 4) is 5.75 Å². The van der Waals surface area contributed by atoms with Gasteiger partial charge in [0.2, 0.25) is 11.8 Å². The summed E-state index contributed by atoms with van der Waals surface area (Å²) in [6.45, 7) is 0.534. The maximum Gasteiger partial charge on any atom is 0.227 e. The van der Waals surface area contributed by atoms with E-state index >= 15 is 0 Å². The lowest BCUT2D eigenvalue weighted by Gasteiger charge is -2.17. The summed E-state index contributed by atoms with van der Waals surface area (Å²) in [5.41, 5.74) is 3.79. The van der Waals surface area contributed by atoms with Gasteiger partial charge in [0.15, 0.2) is 0 Å². The van der Waals surface area contributed by atoms with Crippen molar-refractivity contribution in [1.82, 2.24) is 5.32 Å². The predicted molar refractivity (Wildman–Crippen MR) is 104 cm³/mol. The summed E-state index contributed by atoms with van der Waals surface area (Å²) in [7, 11) is 1.63. The van der Waals surface area contributed by atoms with Gasteiger partial charge in [0.25, 0.3) is 0 Å². The Morgan fingerprint density at radius 3 is 2.75 bits per heavy atom. The molecular formula is C22H23FN2O3. The molecular weight excluding hydrogens is 359 g/mol. The van der Waals surface area contributed by atoms with E-state index in [0.29, 0.717) is 6.54 Å². The molecule has 5 nitrogen and oxygen atoms in total. The minimum atomic E-state index is -0.493. The van der Waals surface area contributed by atoms with Crippen LogP contribution in [0.4, 0.5) is 10.1 Å². The lowest BCUT2D eigenvalue weighted by atomic mass is 10.0. The van der Waals surface area contributed by atoms with E-state index in [0.717, 1.165) is 30.6 Å². The number of para-hydroxylation sites is 1. The first-order chi connectivity index (χ1) is 13.6. The first kappa shape index (κ1) is 18.5. The number of ether oxygens (including phenoxy) is 1. The topological polar surface area (TPSA) is 58.6 Å². The zero-order valence-corrected chi connectivity index (χ0v) is 15.8. The summed E-state index contributed by atoms with van der Waals surface area (Å²) < 4.78 is 19.5. The van der Waals surface area contributed by atoms with Crippen molar-refractivity contribution in [2.75, 3.05) is 18.6 Å². The normalized spacial score (nSPS) is 18.3. The number of rotatable bonds is 5. The second-order valence-corrected chi connectivity index (χ2v) is 7.36. The molecule has 0 radical (unpaired) electrons. The Hall–Kier alpha value is -2.89. The number of benzene rings is 2. The molecule has 2 amide bonds. The van der Waals surface area contributed by atoms with Gasteiger partial charge in [-0.05, 0) is 48.6 Å². The third-order valence-electron chi connectivity index (χ3n) is 5.59. The van der Waals surface area contributed by atoms with E-state index in [2.05, 4.69) is 17.4 Å². The minimum absolute atomic E-state index is 0.0848. The number of nitrogens with zero attached hydrogens (tertiary/aromatic N) is 1. The standard InChI is InChI=1S/C22H23FN2O3/c1-28-20-10-15-6-4-5-14(15)9-16(20)12-24-22(27)17-11-21(26)25(13-17)19-8-3-2-7-18(19)23/h2-3,7-10,17H,4-6,11-13H2,1H3,(H,24,27). The Kier molecular flexibility index (Phi) is 5.03. The van der Waals surface area contributed by atoms with Crippen LogP contribution >= 0.6 is 0 Å². The van der Waals surface area contributed by atoms with Gasteiger partial charge in [-0.25, -0.2) is 4.39 Å². The molecule has 0 spiro atoms. The van der Waals surface area contributed by atoms with Gasteiger partial charge >= 0.3 is 0 Å². The molecule has 28 heavy (non-hydrogen) atoms. The number of hydrogen-bond donors (Lipinski definition) is 1. The number of halogens is 1. The number of hydrogen-bond acceptors (Lipinski definition) is 3. The average Bonchev–Trinajstić information content (AvgIpc) is 3.31. The van der Waals surface area contributed by atoms with Crippen molar-refractivity contribution in [3.05, 3.63) is 58.9 Å². The summed E-state index contributed by atoms with van der Waals surface area (Å²) in [5, 5.41) is 2.92. The lowest BCUT2D eigenvalue weighted by Crippen LogP contribution is -2.33. The van der Waals surface area contributed by atoms with E-state index in [-0.39, 0.29) is 30.5 Å². The van der Waals surface area contributed by atoms with Gasteiger partial charge < -0.3 is 15.0 Å². The number of carbonyl (C=O) groups is 2. The summed E-state index contributed by atoms with van der Waals surface area (Å²) >= 11 is 0. The van der Waals surface area contributed by atoms with E-state index < -0.39 is 11.7 Å². The summed E-state index contributed by atoms with van der Waals surface area (Å²) in [6, 6.07) is 10.3. The zero-order chi connectivity index (χ0) is 19.7. The Labute approximate surface area is 163 Å². The molecule has 0 bridgehead atoms. The fraction of sp³-hybridized carbons (Fsp3) is 0.364. The number of fused-ring (bicyclic) bond motifs is 1. The Bertz CT molecular complexity index is 928. The van der Waals surface area contributed by atoms with Crippen LogP contribution in [0.2, 0.25) is 0 Å². The van der Waals surface area contributed by atoms with Crippen molar-refractivity contribution < 1.29 is 18.7 Å². The highest BCUT2D eigenvalue weighted by Gasteiger charge is 2.36. The Morgan fingerprint density at radius 1 is 1.25 bits per heavy atom. The molecule has 146 valence electrons. The van der Waals surface area contributed by atoms with Crippen molar-refractivity contribution in [1.29, 1.82) is 0 Å². The van der Waals surface area contributed by atoms with Gasteiger partial charge in [-0.1, -0.05) is 18.2 Å². The molecule has 1 unspecified atom stereocenters. The maximum absolute atomic E-state index is 14.0. The number of carbonyl (C=O) groups excluding carboxylic acids is 2. The number of amides is 2. The van der Waals surface area contributed by atoms with Crippen LogP contribution in [0, 0.1) is 11.7 Å². The molecule has 0 aromatic heterocycles. The monoisotopic (exact) mass is 382 g/mol. The molecule has 1 heterocycles. The second-order valence-electron chi connectivity index (χ2n) is 7.36. The highest BCUT2D eigenvalue weighted by Crippen LogP contribution is 2.30. The van der Waals surface area contributed by atoms with Gasteiger partial charge in [0, 0.05) is 25.1 Å².